The molecule has 2 aliphatic rings. The van der Waals surface area contributed by atoms with Crippen LogP contribution in [0.2, 0.25) is 0 Å². The van der Waals surface area contributed by atoms with Crippen LogP contribution in [0.15, 0.2) is 70.2 Å². The fourth-order valence-electron chi connectivity index (χ4n) is 2.35. The van der Waals surface area contributed by atoms with Crippen LogP contribution in [-0.4, -0.2) is 21.7 Å². The summed E-state index contributed by atoms with van der Waals surface area (Å²) >= 11 is 9.84. The molecule has 0 saturated carbocycles. The molecule has 0 N–H and O–H groups in total. The third kappa shape index (κ3) is 6.31. The molecule has 0 saturated heterocycles. The smallest absolute Gasteiger partial charge is 0.211 e. The van der Waals surface area contributed by atoms with Gasteiger partial charge in [0.2, 0.25) is 10.2 Å². The van der Waals surface area contributed by atoms with Crippen molar-refractivity contribution in [2.45, 2.75) is 9.16 Å². The second kappa shape index (κ2) is 11.1. The zero-order chi connectivity index (χ0) is 19.9. The topological polar surface area (TPSA) is 34.1 Å². The molecule has 0 aliphatic carbocycles. The van der Waals surface area contributed by atoms with Crippen molar-refractivity contribution >= 4 is 80.8 Å². The standard InChI is InChI=1S/C20H18O2S6/c1-3-17(21)23-9-15-11-25-19(27-15)13-6-5-7-14(8-13)20-26-12-16(28-20)10-24-18(22)4-2/h3-8,11-12,19-20H,1-2,9-10H2. The summed E-state index contributed by atoms with van der Waals surface area (Å²) in [6.07, 6.45) is 2.73. The molecule has 0 amide bonds. The molecule has 2 nitrogen and oxygen atoms in total. The lowest BCUT2D eigenvalue weighted by Gasteiger charge is -2.14. The van der Waals surface area contributed by atoms with E-state index in [-0.39, 0.29) is 10.2 Å². The molecule has 2 aliphatic heterocycles. The lowest BCUT2D eigenvalue weighted by atomic mass is 10.1. The fourth-order valence-corrected chi connectivity index (χ4v) is 9.16. The van der Waals surface area contributed by atoms with Gasteiger partial charge in [-0.25, -0.2) is 0 Å². The molecule has 0 radical (unpaired) electrons. The first-order valence-electron chi connectivity index (χ1n) is 8.29. The minimum Gasteiger partial charge on any atom is -0.282 e. The maximum Gasteiger partial charge on any atom is 0.211 e. The molecule has 2 heterocycles. The molecule has 8 heteroatoms. The number of hydrogen-bond acceptors (Lipinski definition) is 8. The van der Waals surface area contributed by atoms with E-state index in [9.17, 15) is 9.59 Å². The largest absolute Gasteiger partial charge is 0.282 e. The van der Waals surface area contributed by atoms with Crippen molar-refractivity contribution in [1.82, 2.24) is 0 Å². The monoisotopic (exact) mass is 482 g/mol. The molecular weight excluding hydrogens is 465 g/mol. The van der Waals surface area contributed by atoms with E-state index in [4.69, 9.17) is 0 Å². The van der Waals surface area contributed by atoms with E-state index in [2.05, 4.69) is 48.2 Å². The van der Waals surface area contributed by atoms with Crippen LogP contribution in [0.25, 0.3) is 0 Å². The van der Waals surface area contributed by atoms with Crippen LogP contribution in [0.4, 0.5) is 0 Å². The Labute approximate surface area is 191 Å². The average molecular weight is 483 g/mol. The number of carbonyl (C=O) groups excluding carboxylic acids is 2. The number of carbonyl (C=O) groups is 2. The van der Waals surface area contributed by atoms with Crippen LogP contribution in [0, 0.1) is 0 Å². The highest BCUT2D eigenvalue weighted by atomic mass is 32.2. The Morgan fingerprint density at radius 1 is 0.893 bits per heavy atom. The highest BCUT2D eigenvalue weighted by molar-refractivity contribution is 8.24. The molecule has 0 spiro atoms. The number of hydrogen-bond donors (Lipinski definition) is 0. The Hall–Kier alpha value is -0.380. The van der Waals surface area contributed by atoms with Crippen molar-refractivity contribution in [3.05, 3.63) is 81.3 Å². The van der Waals surface area contributed by atoms with Crippen LogP contribution >= 0.6 is 70.6 Å². The van der Waals surface area contributed by atoms with Gasteiger partial charge in [0.25, 0.3) is 0 Å². The van der Waals surface area contributed by atoms with Gasteiger partial charge >= 0.3 is 0 Å². The van der Waals surface area contributed by atoms with Gasteiger partial charge in [-0.15, -0.1) is 47.0 Å². The van der Waals surface area contributed by atoms with E-state index in [1.54, 1.807) is 23.5 Å². The summed E-state index contributed by atoms with van der Waals surface area (Å²) in [4.78, 5) is 25.3. The third-order valence-corrected chi connectivity index (χ3v) is 11.4. The van der Waals surface area contributed by atoms with E-state index in [0.29, 0.717) is 20.7 Å². The quantitative estimate of drug-likeness (QED) is 0.359. The van der Waals surface area contributed by atoms with Gasteiger partial charge in [0.15, 0.2) is 0 Å². The minimum atomic E-state index is 0.0171. The molecule has 28 heavy (non-hydrogen) atoms. The molecule has 0 fully saturated rings. The van der Waals surface area contributed by atoms with Gasteiger partial charge in [-0.3, -0.25) is 9.59 Å². The Bertz CT molecular complexity index is 780. The Morgan fingerprint density at radius 3 is 1.79 bits per heavy atom. The van der Waals surface area contributed by atoms with E-state index < -0.39 is 0 Å². The zero-order valence-corrected chi connectivity index (χ0v) is 19.8. The molecule has 1 aromatic carbocycles. The van der Waals surface area contributed by atoms with E-state index >= 15 is 0 Å². The number of benzene rings is 1. The van der Waals surface area contributed by atoms with Crippen molar-refractivity contribution in [1.29, 1.82) is 0 Å². The molecule has 0 bridgehead atoms. The third-order valence-electron chi connectivity index (χ3n) is 3.66. The predicted octanol–water partition coefficient (Wildman–Crippen LogP) is 7.22. The van der Waals surface area contributed by atoms with Crippen molar-refractivity contribution in [3.63, 3.8) is 0 Å². The van der Waals surface area contributed by atoms with Gasteiger partial charge in [0, 0.05) is 21.3 Å². The summed E-state index contributed by atoms with van der Waals surface area (Å²) in [5.74, 6) is 1.42. The number of rotatable bonds is 8. The van der Waals surface area contributed by atoms with Crippen molar-refractivity contribution in [3.8, 4) is 0 Å². The molecular formula is C20H18O2S6. The normalized spacial score (nSPS) is 21.1. The molecule has 146 valence electrons. The maximum atomic E-state index is 11.4. The lowest BCUT2D eigenvalue weighted by Crippen LogP contribution is -1.92. The summed E-state index contributed by atoms with van der Waals surface area (Å²) < 4.78 is 0.665. The summed E-state index contributed by atoms with van der Waals surface area (Å²) in [7, 11) is 0. The Morgan fingerprint density at radius 2 is 1.36 bits per heavy atom. The van der Waals surface area contributed by atoms with E-state index in [0.717, 1.165) is 0 Å². The van der Waals surface area contributed by atoms with Crippen LogP contribution in [0.5, 0.6) is 0 Å². The first-order chi connectivity index (χ1) is 13.6. The van der Waals surface area contributed by atoms with Gasteiger partial charge in [-0.2, -0.15) is 0 Å². The average Bonchev–Trinajstić information content (AvgIpc) is 3.40. The summed E-state index contributed by atoms with van der Waals surface area (Å²) in [6.45, 7) is 7.03. The van der Waals surface area contributed by atoms with Gasteiger partial charge in [-0.05, 0) is 34.1 Å². The Balaban J connectivity index is 1.54. The second-order valence-corrected chi connectivity index (χ2v) is 12.6. The first-order valence-corrected chi connectivity index (χ1v) is 13.9. The lowest BCUT2D eigenvalue weighted by molar-refractivity contribution is -0.107. The second-order valence-electron chi connectivity index (χ2n) is 5.63. The highest BCUT2D eigenvalue weighted by Gasteiger charge is 2.24. The van der Waals surface area contributed by atoms with Gasteiger partial charge in [0.05, 0.1) is 9.16 Å². The van der Waals surface area contributed by atoms with Crippen molar-refractivity contribution in [2.75, 3.05) is 11.5 Å². The Kier molecular flexibility index (Phi) is 8.87. The van der Waals surface area contributed by atoms with Gasteiger partial charge < -0.3 is 0 Å². The SMILES string of the molecule is C=CC(=O)SCC1=CSC(c2cccc(C3SC=C(CSC(=O)C=C)S3)c2)S1. The first kappa shape index (κ1) is 22.3. The predicted molar refractivity (Wildman–Crippen MR) is 134 cm³/mol. The van der Waals surface area contributed by atoms with Gasteiger partial charge in [-0.1, -0.05) is 60.9 Å². The van der Waals surface area contributed by atoms with Crippen LogP contribution in [0.3, 0.4) is 0 Å². The maximum absolute atomic E-state index is 11.4. The molecule has 3 rings (SSSR count). The van der Waals surface area contributed by atoms with E-state index in [1.165, 1.54) is 56.6 Å². The molecule has 2 unspecified atom stereocenters. The summed E-state index contributed by atoms with van der Waals surface area (Å²) in [5, 5.41) is 4.36. The summed E-state index contributed by atoms with van der Waals surface area (Å²) in [6, 6.07) is 8.75. The van der Waals surface area contributed by atoms with Crippen LogP contribution in [-0.2, 0) is 9.59 Å². The van der Waals surface area contributed by atoms with Crippen LogP contribution < -0.4 is 0 Å². The highest BCUT2D eigenvalue weighted by Crippen LogP contribution is 2.54. The van der Waals surface area contributed by atoms with E-state index in [1.807, 2.05) is 23.5 Å². The fraction of sp³-hybridized carbons (Fsp3) is 0.200. The molecule has 1 aromatic rings. The van der Waals surface area contributed by atoms with Gasteiger partial charge in [0.1, 0.15) is 0 Å². The van der Waals surface area contributed by atoms with Crippen molar-refractivity contribution in [2.24, 2.45) is 0 Å². The van der Waals surface area contributed by atoms with Crippen molar-refractivity contribution < 1.29 is 9.59 Å². The zero-order valence-electron chi connectivity index (χ0n) is 14.9. The molecule has 0 aromatic heterocycles. The number of thioether (sulfide) groups is 6. The summed E-state index contributed by atoms with van der Waals surface area (Å²) in [5.41, 5.74) is 2.59. The molecule has 2 atom stereocenters. The minimum absolute atomic E-state index is 0.0171. The van der Waals surface area contributed by atoms with Crippen LogP contribution in [0.1, 0.15) is 20.3 Å².